The molecule has 0 fully saturated rings. The molecule has 2 rings (SSSR count). The lowest BCUT2D eigenvalue weighted by atomic mass is 9.81. The van der Waals surface area contributed by atoms with Crippen LogP contribution in [0, 0.1) is 5.92 Å². The van der Waals surface area contributed by atoms with E-state index in [1.165, 1.54) is 5.56 Å². The van der Waals surface area contributed by atoms with Gasteiger partial charge in [0, 0.05) is 6.42 Å². The molecule has 0 heterocycles. The third-order valence-electron chi connectivity index (χ3n) is 3.54. The van der Waals surface area contributed by atoms with E-state index < -0.39 is 5.97 Å². The van der Waals surface area contributed by atoms with E-state index in [0.717, 1.165) is 24.8 Å². The molecule has 0 aromatic heterocycles. The molecule has 1 aliphatic carbocycles. The normalized spacial score (nSPS) is 16.0. The quantitative estimate of drug-likeness (QED) is 0.858. The van der Waals surface area contributed by atoms with Crippen LogP contribution in [0.3, 0.4) is 0 Å². The summed E-state index contributed by atoms with van der Waals surface area (Å²) in [6.45, 7) is 2.21. The lowest BCUT2D eigenvalue weighted by Crippen LogP contribution is -2.19. The maximum absolute atomic E-state index is 11.5. The van der Waals surface area contributed by atoms with Crippen molar-refractivity contribution >= 4 is 36.8 Å². The highest BCUT2D eigenvalue weighted by Crippen LogP contribution is 2.28. The van der Waals surface area contributed by atoms with Crippen LogP contribution in [0.15, 0.2) is 18.2 Å². The molecule has 0 spiro atoms. The first-order valence-corrected chi connectivity index (χ1v) is 6.61. The maximum Gasteiger partial charge on any atom is 0.335 e. The summed E-state index contributed by atoms with van der Waals surface area (Å²) in [5.41, 5.74) is 2.57. The van der Waals surface area contributed by atoms with Crippen molar-refractivity contribution in [3.05, 3.63) is 34.9 Å². The molecule has 1 aromatic carbocycles. The van der Waals surface area contributed by atoms with Gasteiger partial charge in [0.1, 0.15) is 0 Å². The molecule has 1 atom stereocenters. The first-order chi connectivity index (χ1) is 9.10. The van der Waals surface area contributed by atoms with E-state index in [4.69, 9.17) is 9.84 Å². The van der Waals surface area contributed by atoms with Crippen LogP contribution in [0.2, 0.25) is 0 Å². The number of aryl methyl sites for hydroxylation is 1. The van der Waals surface area contributed by atoms with E-state index in [-0.39, 0.29) is 36.7 Å². The topological polar surface area (TPSA) is 63.6 Å². The maximum atomic E-state index is 11.5. The molecular weight excluding hydrogens is 315 g/mol. The Balaban J connectivity index is 0.00000200. The van der Waals surface area contributed by atoms with E-state index in [0.29, 0.717) is 18.6 Å². The molecule has 1 aromatic rings. The highest BCUT2D eigenvalue weighted by atomic mass is 35.5. The number of hydrogen-bond donors (Lipinski definition) is 1. The van der Waals surface area contributed by atoms with Gasteiger partial charge in [0.15, 0.2) is 0 Å². The zero-order chi connectivity index (χ0) is 13.8. The van der Waals surface area contributed by atoms with Crippen molar-refractivity contribution in [3.8, 4) is 0 Å². The molecule has 0 saturated heterocycles. The Labute approximate surface area is 136 Å². The first-order valence-electron chi connectivity index (χ1n) is 6.61. The van der Waals surface area contributed by atoms with Crippen LogP contribution < -0.4 is 0 Å². The van der Waals surface area contributed by atoms with Gasteiger partial charge >= 0.3 is 11.9 Å². The summed E-state index contributed by atoms with van der Waals surface area (Å²) >= 11 is 0. The molecule has 0 bridgehead atoms. The monoisotopic (exact) mass is 334 g/mol. The van der Waals surface area contributed by atoms with Crippen molar-refractivity contribution < 1.29 is 19.4 Å². The lowest BCUT2D eigenvalue weighted by Gasteiger charge is -2.24. The third kappa shape index (κ3) is 5.21. The zero-order valence-corrected chi connectivity index (χ0v) is 13.5. The number of benzene rings is 1. The zero-order valence-electron chi connectivity index (χ0n) is 11.8. The number of carbonyl (C=O) groups is 2. The number of halogens is 2. The largest absolute Gasteiger partial charge is 0.478 e. The van der Waals surface area contributed by atoms with Crippen LogP contribution in [0.5, 0.6) is 0 Å². The summed E-state index contributed by atoms with van der Waals surface area (Å²) in [4.78, 5) is 22.4. The van der Waals surface area contributed by atoms with Crippen molar-refractivity contribution in [1.82, 2.24) is 0 Å². The second kappa shape index (κ2) is 8.90. The number of ether oxygens (including phenoxy) is 1. The molecule has 21 heavy (non-hydrogen) atoms. The van der Waals surface area contributed by atoms with Crippen LogP contribution in [-0.4, -0.2) is 23.7 Å². The smallest absolute Gasteiger partial charge is 0.335 e. The Kier molecular flexibility index (Phi) is 8.37. The molecule has 1 N–H and O–H groups in total. The Morgan fingerprint density at radius 1 is 1.29 bits per heavy atom. The highest BCUT2D eigenvalue weighted by Gasteiger charge is 2.22. The average molecular weight is 335 g/mol. The summed E-state index contributed by atoms with van der Waals surface area (Å²) in [6, 6.07) is 5.27. The van der Waals surface area contributed by atoms with Crippen LogP contribution >= 0.6 is 24.8 Å². The SMILES string of the molecule is CCOC(=O)CC1CCc2ccc(C(=O)O)cc2C1.Cl.Cl. The minimum absolute atomic E-state index is 0. The Morgan fingerprint density at radius 3 is 2.62 bits per heavy atom. The second-order valence-corrected chi connectivity index (χ2v) is 4.91. The van der Waals surface area contributed by atoms with Gasteiger partial charge in [-0.25, -0.2) is 4.79 Å². The molecule has 118 valence electrons. The fraction of sp³-hybridized carbons (Fsp3) is 0.467. The number of hydrogen-bond acceptors (Lipinski definition) is 3. The summed E-state index contributed by atoms with van der Waals surface area (Å²) in [6.07, 6.45) is 3.04. The number of esters is 1. The minimum Gasteiger partial charge on any atom is -0.478 e. The highest BCUT2D eigenvalue weighted by molar-refractivity contribution is 5.88. The Morgan fingerprint density at radius 2 is 2.00 bits per heavy atom. The number of carbonyl (C=O) groups excluding carboxylic acids is 1. The third-order valence-corrected chi connectivity index (χ3v) is 3.54. The van der Waals surface area contributed by atoms with Gasteiger partial charge in [0.2, 0.25) is 0 Å². The van der Waals surface area contributed by atoms with Gasteiger partial charge in [0.25, 0.3) is 0 Å². The van der Waals surface area contributed by atoms with Gasteiger partial charge in [-0.1, -0.05) is 6.07 Å². The first kappa shape index (κ1) is 19.7. The number of carboxylic acids is 1. The molecule has 0 amide bonds. The van der Waals surface area contributed by atoms with Crippen LogP contribution in [0.1, 0.15) is 41.3 Å². The number of rotatable bonds is 4. The summed E-state index contributed by atoms with van der Waals surface area (Å²) in [5.74, 6) is -0.809. The summed E-state index contributed by atoms with van der Waals surface area (Å²) < 4.78 is 4.96. The summed E-state index contributed by atoms with van der Waals surface area (Å²) in [5, 5.41) is 8.99. The molecule has 6 heteroatoms. The van der Waals surface area contributed by atoms with Crippen LogP contribution in [-0.2, 0) is 22.4 Å². The standard InChI is InChI=1S/C15H18O4.2ClH/c1-2-19-14(16)8-10-3-4-11-5-6-12(15(17)18)9-13(11)7-10;;/h5-6,9-10H,2-4,7-8H2,1H3,(H,17,18);2*1H. The predicted molar refractivity (Wildman–Crippen MR) is 84.7 cm³/mol. The van der Waals surface area contributed by atoms with E-state index >= 15 is 0 Å². The van der Waals surface area contributed by atoms with Crippen molar-refractivity contribution in [2.24, 2.45) is 5.92 Å². The van der Waals surface area contributed by atoms with Crippen LogP contribution in [0.4, 0.5) is 0 Å². The Hall–Kier alpha value is -1.26. The molecule has 0 radical (unpaired) electrons. The fourth-order valence-electron chi connectivity index (χ4n) is 2.60. The lowest BCUT2D eigenvalue weighted by molar-refractivity contribution is -0.144. The van der Waals surface area contributed by atoms with Crippen molar-refractivity contribution in [2.45, 2.75) is 32.6 Å². The number of aromatic carboxylic acids is 1. The van der Waals surface area contributed by atoms with E-state index in [1.54, 1.807) is 19.1 Å². The predicted octanol–water partition coefficient (Wildman–Crippen LogP) is 3.29. The molecule has 0 aliphatic heterocycles. The summed E-state index contributed by atoms with van der Waals surface area (Å²) in [7, 11) is 0. The van der Waals surface area contributed by atoms with Gasteiger partial charge in [-0.2, -0.15) is 0 Å². The number of carboxylic acid groups (broad SMARTS) is 1. The van der Waals surface area contributed by atoms with Crippen molar-refractivity contribution in [2.75, 3.05) is 6.61 Å². The van der Waals surface area contributed by atoms with E-state index in [2.05, 4.69) is 0 Å². The fourth-order valence-corrected chi connectivity index (χ4v) is 2.60. The van der Waals surface area contributed by atoms with Gasteiger partial charge in [0.05, 0.1) is 12.2 Å². The average Bonchev–Trinajstić information content (AvgIpc) is 2.38. The number of fused-ring (bicyclic) bond motifs is 1. The molecule has 1 aliphatic rings. The molecule has 0 saturated carbocycles. The molecule has 4 nitrogen and oxygen atoms in total. The van der Waals surface area contributed by atoms with Crippen molar-refractivity contribution in [1.29, 1.82) is 0 Å². The van der Waals surface area contributed by atoms with Gasteiger partial charge in [-0.05, 0) is 55.4 Å². The molecule has 1 unspecified atom stereocenters. The molecular formula is C15H20Cl2O4. The van der Waals surface area contributed by atoms with Crippen LogP contribution in [0.25, 0.3) is 0 Å². The minimum atomic E-state index is -0.907. The van der Waals surface area contributed by atoms with Crippen molar-refractivity contribution in [3.63, 3.8) is 0 Å². The van der Waals surface area contributed by atoms with E-state index in [1.807, 2.05) is 6.07 Å². The van der Waals surface area contributed by atoms with Gasteiger partial charge < -0.3 is 9.84 Å². The second-order valence-electron chi connectivity index (χ2n) is 4.91. The Bertz CT molecular complexity index is 502. The van der Waals surface area contributed by atoms with Gasteiger partial charge in [-0.15, -0.1) is 24.8 Å². The van der Waals surface area contributed by atoms with Gasteiger partial charge in [-0.3, -0.25) is 4.79 Å². The van der Waals surface area contributed by atoms with E-state index in [9.17, 15) is 9.59 Å².